The van der Waals surface area contributed by atoms with Gasteiger partial charge >= 0.3 is 0 Å². The Bertz CT molecular complexity index is 866. The number of hydrogen-bond donors (Lipinski definition) is 1. The van der Waals surface area contributed by atoms with Crippen molar-refractivity contribution in [2.24, 2.45) is 0 Å². The number of nitrogens with one attached hydrogen (secondary N) is 1. The number of anilines is 1. The molecule has 0 aliphatic heterocycles. The van der Waals surface area contributed by atoms with Gasteiger partial charge in [0.25, 0.3) is 0 Å². The van der Waals surface area contributed by atoms with Crippen molar-refractivity contribution in [1.82, 2.24) is 4.90 Å². The summed E-state index contributed by atoms with van der Waals surface area (Å²) in [5.74, 6) is 0.838. The fourth-order valence-corrected chi connectivity index (χ4v) is 2.89. The summed E-state index contributed by atoms with van der Waals surface area (Å²) in [5, 5.41) is 3.19. The summed E-state index contributed by atoms with van der Waals surface area (Å²) >= 11 is 0. The summed E-state index contributed by atoms with van der Waals surface area (Å²) < 4.78 is 5.85. The van der Waals surface area contributed by atoms with E-state index < -0.39 is 0 Å². The standard InChI is InChI=1S/C24H26N2O2/c1-26(19-21-11-6-3-7-12-21)24(27)18-25-22-13-8-14-23(17-22)28-16-15-20-9-4-2-5-10-20/h2-14,17,25H,15-16,18-19H2,1H3. The highest BCUT2D eigenvalue weighted by Crippen LogP contribution is 2.17. The topological polar surface area (TPSA) is 41.6 Å². The summed E-state index contributed by atoms with van der Waals surface area (Å²) in [4.78, 5) is 14.1. The van der Waals surface area contributed by atoms with Crippen molar-refractivity contribution in [3.63, 3.8) is 0 Å². The Labute approximate surface area is 166 Å². The first-order valence-corrected chi connectivity index (χ1v) is 9.49. The fourth-order valence-electron chi connectivity index (χ4n) is 2.89. The van der Waals surface area contributed by atoms with Gasteiger partial charge in [-0.25, -0.2) is 0 Å². The summed E-state index contributed by atoms with van der Waals surface area (Å²) in [6, 6.07) is 28.0. The van der Waals surface area contributed by atoms with Crippen LogP contribution in [0.5, 0.6) is 5.75 Å². The lowest BCUT2D eigenvalue weighted by Crippen LogP contribution is -2.31. The fraction of sp³-hybridized carbons (Fsp3) is 0.208. The molecule has 0 bridgehead atoms. The van der Waals surface area contributed by atoms with Crippen LogP contribution in [0.25, 0.3) is 0 Å². The molecule has 4 nitrogen and oxygen atoms in total. The molecular formula is C24H26N2O2. The number of nitrogens with zero attached hydrogens (tertiary/aromatic N) is 1. The molecule has 0 heterocycles. The van der Waals surface area contributed by atoms with Crippen LogP contribution < -0.4 is 10.1 Å². The molecular weight excluding hydrogens is 348 g/mol. The molecule has 0 fully saturated rings. The number of rotatable bonds is 9. The van der Waals surface area contributed by atoms with Crippen molar-refractivity contribution >= 4 is 11.6 Å². The summed E-state index contributed by atoms with van der Waals surface area (Å²) in [6.07, 6.45) is 0.862. The quantitative estimate of drug-likeness (QED) is 0.604. The average molecular weight is 374 g/mol. The highest BCUT2D eigenvalue weighted by molar-refractivity contribution is 5.80. The number of ether oxygens (including phenoxy) is 1. The summed E-state index contributed by atoms with van der Waals surface area (Å²) in [7, 11) is 1.82. The minimum Gasteiger partial charge on any atom is -0.493 e. The molecule has 3 rings (SSSR count). The third kappa shape index (κ3) is 6.16. The van der Waals surface area contributed by atoms with Gasteiger partial charge in [-0.2, -0.15) is 0 Å². The third-order valence-electron chi connectivity index (χ3n) is 4.47. The molecule has 28 heavy (non-hydrogen) atoms. The monoisotopic (exact) mass is 374 g/mol. The van der Waals surface area contributed by atoms with Crippen LogP contribution in [-0.2, 0) is 17.8 Å². The maximum atomic E-state index is 12.4. The van der Waals surface area contributed by atoms with E-state index >= 15 is 0 Å². The Morgan fingerprint density at radius 3 is 2.29 bits per heavy atom. The number of hydrogen-bond acceptors (Lipinski definition) is 3. The molecule has 0 unspecified atom stereocenters. The smallest absolute Gasteiger partial charge is 0.241 e. The van der Waals surface area contributed by atoms with Gasteiger partial charge in [-0.1, -0.05) is 66.7 Å². The Morgan fingerprint density at radius 2 is 1.57 bits per heavy atom. The van der Waals surface area contributed by atoms with Gasteiger partial charge in [0.2, 0.25) is 5.91 Å². The van der Waals surface area contributed by atoms with E-state index in [0.29, 0.717) is 13.2 Å². The Morgan fingerprint density at radius 1 is 0.893 bits per heavy atom. The first kappa shape index (κ1) is 19.5. The Hall–Kier alpha value is -3.27. The number of likely N-dealkylation sites (N-methyl/N-ethyl adjacent to an activating group) is 1. The van der Waals surface area contributed by atoms with E-state index in [2.05, 4.69) is 17.4 Å². The number of amides is 1. The minimum atomic E-state index is 0.0410. The van der Waals surface area contributed by atoms with Crippen LogP contribution in [-0.4, -0.2) is 31.0 Å². The van der Waals surface area contributed by atoms with E-state index in [1.807, 2.05) is 79.8 Å². The zero-order valence-electron chi connectivity index (χ0n) is 16.2. The summed E-state index contributed by atoms with van der Waals surface area (Å²) in [6.45, 7) is 1.47. The van der Waals surface area contributed by atoms with Crippen LogP contribution in [0.4, 0.5) is 5.69 Å². The number of carbonyl (C=O) groups is 1. The van der Waals surface area contributed by atoms with E-state index in [-0.39, 0.29) is 12.5 Å². The first-order chi connectivity index (χ1) is 13.7. The normalized spacial score (nSPS) is 10.3. The van der Waals surface area contributed by atoms with Crippen LogP contribution in [0.15, 0.2) is 84.9 Å². The van der Waals surface area contributed by atoms with Crippen LogP contribution in [0, 0.1) is 0 Å². The van der Waals surface area contributed by atoms with Gasteiger partial charge < -0.3 is 15.0 Å². The molecule has 0 radical (unpaired) electrons. The Balaban J connectivity index is 1.45. The highest BCUT2D eigenvalue weighted by Gasteiger charge is 2.09. The molecule has 0 saturated heterocycles. The summed E-state index contributed by atoms with van der Waals surface area (Å²) in [5.41, 5.74) is 3.25. The van der Waals surface area contributed by atoms with Gasteiger partial charge in [0.15, 0.2) is 0 Å². The van der Waals surface area contributed by atoms with Gasteiger partial charge in [-0.3, -0.25) is 4.79 Å². The van der Waals surface area contributed by atoms with E-state index in [0.717, 1.165) is 23.4 Å². The molecule has 0 aliphatic rings. The SMILES string of the molecule is CN(Cc1ccccc1)C(=O)CNc1cccc(OCCc2ccccc2)c1. The van der Waals surface area contributed by atoms with E-state index in [1.54, 1.807) is 4.90 Å². The highest BCUT2D eigenvalue weighted by atomic mass is 16.5. The largest absolute Gasteiger partial charge is 0.493 e. The molecule has 1 N–H and O–H groups in total. The minimum absolute atomic E-state index is 0.0410. The Kier molecular flexibility index (Phi) is 7.08. The zero-order valence-corrected chi connectivity index (χ0v) is 16.2. The lowest BCUT2D eigenvalue weighted by molar-refractivity contribution is -0.128. The first-order valence-electron chi connectivity index (χ1n) is 9.49. The lowest BCUT2D eigenvalue weighted by atomic mass is 10.2. The lowest BCUT2D eigenvalue weighted by Gasteiger charge is -2.18. The molecule has 1 amide bonds. The van der Waals surface area contributed by atoms with Crippen molar-refractivity contribution in [3.8, 4) is 5.75 Å². The molecule has 3 aromatic rings. The predicted molar refractivity (Wildman–Crippen MR) is 113 cm³/mol. The van der Waals surface area contributed by atoms with Gasteiger partial charge in [0.05, 0.1) is 13.2 Å². The zero-order chi connectivity index (χ0) is 19.6. The van der Waals surface area contributed by atoms with Crippen LogP contribution in [0.3, 0.4) is 0 Å². The molecule has 0 spiro atoms. The average Bonchev–Trinajstić information content (AvgIpc) is 2.74. The van der Waals surface area contributed by atoms with Crippen molar-refractivity contribution in [2.75, 3.05) is 25.5 Å². The number of benzene rings is 3. The van der Waals surface area contributed by atoms with Gasteiger partial charge in [0.1, 0.15) is 5.75 Å². The third-order valence-corrected chi connectivity index (χ3v) is 4.47. The molecule has 4 heteroatoms. The van der Waals surface area contributed by atoms with Gasteiger partial charge in [0, 0.05) is 31.8 Å². The molecule has 0 aromatic heterocycles. The van der Waals surface area contributed by atoms with Crippen LogP contribution >= 0.6 is 0 Å². The van der Waals surface area contributed by atoms with E-state index in [9.17, 15) is 4.79 Å². The van der Waals surface area contributed by atoms with Crippen LogP contribution in [0.2, 0.25) is 0 Å². The van der Waals surface area contributed by atoms with Crippen molar-refractivity contribution in [2.45, 2.75) is 13.0 Å². The van der Waals surface area contributed by atoms with Crippen molar-refractivity contribution in [3.05, 3.63) is 96.1 Å². The van der Waals surface area contributed by atoms with Crippen molar-refractivity contribution in [1.29, 1.82) is 0 Å². The molecule has 3 aromatic carbocycles. The maximum Gasteiger partial charge on any atom is 0.241 e. The molecule has 0 saturated carbocycles. The van der Waals surface area contributed by atoms with E-state index in [1.165, 1.54) is 5.56 Å². The van der Waals surface area contributed by atoms with E-state index in [4.69, 9.17) is 4.74 Å². The van der Waals surface area contributed by atoms with Gasteiger partial charge in [-0.15, -0.1) is 0 Å². The molecule has 0 atom stereocenters. The van der Waals surface area contributed by atoms with Crippen molar-refractivity contribution < 1.29 is 9.53 Å². The maximum absolute atomic E-state index is 12.4. The second-order valence-electron chi connectivity index (χ2n) is 6.70. The second kappa shape index (κ2) is 10.2. The van der Waals surface area contributed by atoms with Crippen LogP contribution in [0.1, 0.15) is 11.1 Å². The molecule has 0 aliphatic carbocycles. The predicted octanol–water partition coefficient (Wildman–Crippen LogP) is 4.38. The number of carbonyl (C=O) groups excluding carboxylic acids is 1. The second-order valence-corrected chi connectivity index (χ2v) is 6.70. The molecule has 144 valence electrons. The van der Waals surface area contributed by atoms with Gasteiger partial charge in [-0.05, 0) is 23.3 Å².